The van der Waals surface area contributed by atoms with Crippen molar-refractivity contribution in [2.75, 3.05) is 0 Å². The minimum atomic E-state index is -0.106. The lowest BCUT2D eigenvalue weighted by atomic mass is 9.96. The van der Waals surface area contributed by atoms with Crippen LogP contribution in [0, 0.1) is 6.92 Å². The highest BCUT2D eigenvalue weighted by atomic mass is 35.5. The maximum atomic E-state index is 6.05. The molecule has 0 spiro atoms. The van der Waals surface area contributed by atoms with Crippen LogP contribution < -0.4 is 0 Å². The van der Waals surface area contributed by atoms with E-state index in [1.165, 1.54) is 0 Å². The van der Waals surface area contributed by atoms with E-state index in [1.807, 2.05) is 4.57 Å². The molecule has 6 nitrogen and oxygen atoms in total. The van der Waals surface area contributed by atoms with Gasteiger partial charge in [0.05, 0.1) is 0 Å². The normalized spacial score (nSPS) is 12.1. The van der Waals surface area contributed by atoms with Crippen LogP contribution in [0.5, 0.6) is 0 Å². The van der Waals surface area contributed by atoms with Gasteiger partial charge < -0.3 is 9.09 Å². The molecule has 0 atom stereocenters. The van der Waals surface area contributed by atoms with E-state index >= 15 is 0 Å². The molecule has 2 aromatic rings. The summed E-state index contributed by atoms with van der Waals surface area (Å²) >= 11 is 6.05. The first-order valence-corrected chi connectivity index (χ1v) is 6.14. The Balaban J connectivity index is 2.16. The van der Waals surface area contributed by atoms with E-state index in [1.54, 1.807) is 6.92 Å². The van der Waals surface area contributed by atoms with Crippen LogP contribution in [-0.2, 0) is 18.4 Å². The molecule has 0 fully saturated rings. The summed E-state index contributed by atoms with van der Waals surface area (Å²) in [6.07, 6.45) is 0.613. The highest BCUT2D eigenvalue weighted by Crippen LogP contribution is 2.23. The minimum Gasteiger partial charge on any atom is -0.339 e. The lowest BCUT2D eigenvalue weighted by Gasteiger charge is -2.18. The quantitative estimate of drug-likeness (QED) is 0.854. The fourth-order valence-corrected chi connectivity index (χ4v) is 1.89. The largest absolute Gasteiger partial charge is 0.339 e. The van der Waals surface area contributed by atoms with Crippen LogP contribution in [0.25, 0.3) is 0 Å². The Bertz CT molecular complexity index is 540. The van der Waals surface area contributed by atoms with Crippen molar-refractivity contribution in [1.29, 1.82) is 0 Å². The Kier molecular flexibility index (Phi) is 3.38. The predicted octanol–water partition coefficient (Wildman–Crippen LogP) is 2.16. The van der Waals surface area contributed by atoms with Gasteiger partial charge in [0.25, 0.3) is 0 Å². The van der Waals surface area contributed by atoms with Crippen molar-refractivity contribution in [2.24, 2.45) is 0 Å². The second-order valence-corrected chi connectivity index (χ2v) is 5.52. The summed E-state index contributed by atoms with van der Waals surface area (Å²) < 4.78 is 6.95. The molecule has 0 radical (unpaired) electrons. The monoisotopic (exact) mass is 269 g/mol. The van der Waals surface area contributed by atoms with Gasteiger partial charge in [-0.2, -0.15) is 4.98 Å². The first-order valence-electron chi connectivity index (χ1n) is 5.76. The average Bonchev–Trinajstić information content (AvgIpc) is 2.81. The van der Waals surface area contributed by atoms with Gasteiger partial charge in [0, 0.05) is 18.4 Å². The molecule has 0 bridgehead atoms. The molecule has 0 aliphatic rings. The van der Waals surface area contributed by atoms with Crippen molar-refractivity contribution in [1.82, 2.24) is 24.9 Å². The summed E-state index contributed by atoms with van der Waals surface area (Å²) in [5.74, 6) is 2.08. The molecule has 7 heteroatoms. The maximum absolute atomic E-state index is 6.05. The van der Waals surface area contributed by atoms with Crippen molar-refractivity contribution >= 4 is 11.6 Å². The molecular weight excluding hydrogens is 254 g/mol. The zero-order valence-corrected chi connectivity index (χ0v) is 11.7. The van der Waals surface area contributed by atoms with Crippen LogP contribution >= 0.6 is 11.6 Å². The van der Waals surface area contributed by atoms with Gasteiger partial charge in [-0.3, -0.25) is 0 Å². The summed E-state index contributed by atoms with van der Waals surface area (Å²) in [5.41, 5.74) is -0.106. The van der Waals surface area contributed by atoms with Gasteiger partial charge in [-0.15, -0.1) is 10.2 Å². The second kappa shape index (κ2) is 4.68. The molecule has 0 saturated carbocycles. The van der Waals surface area contributed by atoms with Crippen LogP contribution in [0.3, 0.4) is 0 Å². The Hall–Kier alpha value is -1.43. The standard InChI is InChI=1S/C11H16ClN5O/c1-7-13-8(18-16-7)5-6-17-9(11(2,3)4)14-15-10(17)12/h5-6H2,1-4H3. The number of hydrogen-bond donors (Lipinski definition) is 0. The zero-order valence-electron chi connectivity index (χ0n) is 10.9. The molecule has 0 unspecified atom stereocenters. The van der Waals surface area contributed by atoms with Gasteiger partial charge >= 0.3 is 0 Å². The van der Waals surface area contributed by atoms with Crippen LogP contribution in [-0.4, -0.2) is 24.9 Å². The Morgan fingerprint density at radius 2 is 2.00 bits per heavy atom. The highest BCUT2D eigenvalue weighted by Gasteiger charge is 2.23. The minimum absolute atomic E-state index is 0.106. The Labute approximate surface area is 110 Å². The Morgan fingerprint density at radius 1 is 1.28 bits per heavy atom. The molecular formula is C11H16ClN5O. The highest BCUT2D eigenvalue weighted by molar-refractivity contribution is 6.28. The molecule has 2 aromatic heterocycles. The maximum Gasteiger partial charge on any atom is 0.228 e. The van der Waals surface area contributed by atoms with Crippen molar-refractivity contribution in [3.8, 4) is 0 Å². The van der Waals surface area contributed by atoms with Gasteiger partial charge in [-0.05, 0) is 18.5 Å². The molecule has 0 aromatic carbocycles. The molecule has 2 heterocycles. The Morgan fingerprint density at radius 3 is 2.56 bits per heavy atom. The molecule has 0 amide bonds. The third-order valence-corrected chi connectivity index (χ3v) is 2.77. The van der Waals surface area contributed by atoms with E-state index in [0.29, 0.717) is 30.0 Å². The van der Waals surface area contributed by atoms with Crippen molar-refractivity contribution in [3.63, 3.8) is 0 Å². The average molecular weight is 270 g/mol. The van der Waals surface area contributed by atoms with Gasteiger partial charge in [0.2, 0.25) is 11.2 Å². The number of aromatic nitrogens is 5. The number of aryl methyl sites for hydroxylation is 2. The van der Waals surface area contributed by atoms with Crippen LogP contribution in [0.1, 0.15) is 38.3 Å². The van der Waals surface area contributed by atoms with Crippen molar-refractivity contribution in [3.05, 3.63) is 22.8 Å². The third kappa shape index (κ3) is 2.69. The summed E-state index contributed by atoms with van der Waals surface area (Å²) in [4.78, 5) is 4.16. The van der Waals surface area contributed by atoms with Crippen LogP contribution in [0.4, 0.5) is 0 Å². The molecule has 0 saturated heterocycles. The van der Waals surface area contributed by atoms with Gasteiger partial charge in [0.1, 0.15) is 5.82 Å². The van der Waals surface area contributed by atoms with E-state index in [2.05, 4.69) is 41.1 Å². The van der Waals surface area contributed by atoms with Crippen molar-refractivity contribution in [2.45, 2.75) is 46.1 Å². The molecule has 18 heavy (non-hydrogen) atoms. The van der Waals surface area contributed by atoms with E-state index in [0.717, 1.165) is 5.82 Å². The van der Waals surface area contributed by atoms with Crippen LogP contribution in [0.2, 0.25) is 5.28 Å². The van der Waals surface area contributed by atoms with E-state index in [-0.39, 0.29) is 5.41 Å². The summed E-state index contributed by atoms with van der Waals surface area (Å²) in [5, 5.41) is 12.2. The summed E-state index contributed by atoms with van der Waals surface area (Å²) in [7, 11) is 0. The first-order chi connectivity index (χ1) is 8.38. The number of halogens is 1. The van der Waals surface area contributed by atoms with E-state index in [4.69, 9.17) is 16.1 Å². The molecule has 98 valence electrons. The van der Waals surface area contributed by atoms with Gasteiger partial charge in [-0.1, -0.05) is 25.9 Å². The third-order valence-electron chi connectivity index (χ3n) is 2.50. The van der Waals surface area contributed by atoms with E-state index < -0.39 is 0 Å². The van der Waals surface area contributed by atoms with Gasteiger partial charge in [0.15, 0.2) is 5.82 Å². The number of rotatable bonds is 3. The lowest BCUT2D eigenvalue weighted by Crippen LogP contribution is -2.20. The SMILES string of the molecule is Cc1noc(CCn2c(Cl)nnc2C(C)(C)C)n1. The smallest absolute Gasteiger partial charge is 0.228 e. The van der Waals surface area contributed by atoms with Gasteiger partial charge in [-0.25, -0.2) is 0 Å². The molecule has 0 aliphatic heterocycles. The molecule has 2 rings (SSSR count). The topological polar surface area (TPSA) is 69.6 Å². The first kappa shape index (κ1) is 13.0. The predicted molar refractivity (Wildman–Crippen MR) is 66.5 cm³/mol. The fraction of sp³-hybridized carbons (Fsp3) is 0.636. The number of hydrogen-bond acceptors (Lipinski definition) is 5. The zero-order chi connectivity index (χ0) is 13.3. The summed E-state index contributed by atoms with van der Waals surface area (Å²) in [6.45, 7) is 8.63. The second-order valence-electron chi connectivity index (χ2n) is 5.18. The van der Waals surface area contributed by atoms with E-state index in [9.17, 15) is 0 Å². The lowest BCUT2D eigenvalue weighted by molar-refractivity contribution is 0.365. The molecule has 0 aliphatic carbocycles. The van der Waals surface area contributed by atoms with Crippen LogP contribution in [0.15, 0.2) is 4.52 Å². The fourth-order valence-electron chi connectivity index (χ4n) is 1.69. The van der Waals surface area contributed by atoms with Crippen molar-refractivity contribution < 1.29 is 4.52 Å². The molecule has 0 N–H and O–H groups in total. The summed E-state index contributed by atoms with van der Waals surface area (Å²) in [6, 6.07) is 0. The number of nitrogens with zero attached hydrogens (tertiary/aromatic N) is 5.